The van der Waals surface area contributed by atoms with Crippen molar-refractivity contribution >= 4 is 46.6 Å². The van der Waals surface area contributed by atoms with Crippen LogP contribution in [0.4, 0.5) is 0 Å². The van der Waals surface area contributed by atoms with Gasteiger partial charge in [-0.25, -0.2) is 9.78 Å². The first-order valence-electron chi connectivity index (χ1n) is 25.9. The molecule has 0 saturated carbocycles. The Kier molecular flexibility index (Phi) is 23.1. The molecule has 1 N–H and O–H groups in total. The van der Waals surface area contributed by atoms with Crippen LogP contribution >= 0.6 is 0 Å². The van der Waals surface area contributed by atoms with E-state index in [-0.39, 0.29) is 65.9 Å². The number of nitrogens with zero attached hydrogens (tertiary/aromatic N) is 2. The van der Waals surface area contributed by atoms with Crippen molar-refractivity contribution in [3.05, 3.63) is 78.6 Å². The molecule has 2 aliphatic heterocycles. The second-order valence-electron chi connectivity index (χ2n) is 21.8. The number of amides is 2. The zero-order valence-electron chi connectivity index (χ0n) is 47.4. The van der Waals surface area contributed by atoms with E-state index in [2.05, 4.69) is 51.8 Å². The minimum Gasteiger partial charge on any atom is -0.458 e. The summed E-state index contributed by atoms with van der Waals surface area (Å²) in [6.45, 7) is 32.4. The molecule has 3 heterocycles. The Balaban J connectivity index is 1.92. The van der Waals surface area contributed by atoms with E-state index in [0.29, 0.717) is 12.0 Å². The van der Waals surface area contributed by atoms with Gasteiger partial charge in [0.25, 0.3) is 0 Å². The number of esters is 3. The van der Waals surface area contributed by atoms with Gasteiger partial charge in [0, 0.05) is 41.0 Å². The van der Waals surface area contributed by atoms with Crippen LogP contribution in [0.5, 0.6) is 0 Å². The number of aromatic nitrogens is 1. The fourth-order valence-corrected chi connectivity index (χ4v) is 20.6. The van der Waals surface area contributed by atoms with Crippen molar-refractivity contribution in [3.63, 3.8) is 0 Å². The molecule has 7 atom stereocenters. The predicted octanol–water partition coefficient (Wildman–Crippen LogP) is 10.0. The molecule has 2 amide bonds. The summed E-state index contributed by atoms with van der Waals surface area (Å²) in [4.78, 5) is 73.5. The molecule has 0 spiro atoms. The Bertz CT molecular complexity index is 2130. The summed E-state index contributed by atoms with van der Waals surface area (Å²) >= 11 is 0. The van der Waals surface area contributed by atoms with Gasteiger partial charge < -0.3 is 46.9 Å². The van der Waals surface area contributed by atoms with Gasteiger partial charge >= 0.3 is 26.5 Å². The summed E-state index contributed by atoms with van der Waals surface area (Å²) in [6, 6.07) is 0. The summed E-state index contributed by atoms with van der Waals surface area (Å²) in [6.07, 6.45) is 17.5. The molecule has 410 valence electrons. The lowest BCUT2D eigenvalue weighted by Crippen LogP contribution is -2.79. The average Bonchev–Trinajstić information content (AvgIpc) is 3.89. The highest BCUT2D eigenvalue weighted by molar-refractivity contribution is 6.77. The van der Waals surface area contributed by atoms with Crippen molar-refractivity contribution < 1.29 is 60.6 Å². The summed E-state index contributed by atoms with van der Waals surface area (Å²) in [5.74, 6) is -2.93. The van der Waals surface area contributed by atoms with Crippen LogP contribution in [-0.2, 0) is 62.6 Å². The van der Waals surface area contributed by atoms with E-state index >= 15 is 4.79 Å². The first-order valence-corrected chi connectivity index (χ1v) is 30.0. The number of fused-ring (bicyclic) bond motifs is 1. The Morgan fingerprint density at radius 3 is 2.04 bits per heavy atom. The van der Waals surface area contributed by atoms with Gasteiger partial charge in [-0.15, -0.1) is 0 Å². The number of hydrogen-bond donors (Lipinski definition) is 1. The molecule has 0 bridgehead atoms. The number of carbonyl (C=O) groups is 5. The molecular formula is C55H89N3O13Si2. The summed E-state index contributed by atoms with van der Waals surface area (Å²) < 4.78 is 50.5. The monoisotopic (exact) mass is 1060 g/mol. The van der Waals surface area contributed by atoms with Crippen LogP contribution in [0, 0.1) is 17.3 Å². The van der Waals surface area contributed by atoms with Crippen LogP contribution in [0.3, 0.4) is 0 Å². The van der Waals surface area contributed by atoms with E-state index in [4.69, 9.17) is 36.6 Å². The SMILES string of the molecule is CO[C@@H](C[C@@H](C)[C@H](/C=C\C=C\CNC(=O)C(C)(C)[C@H](OC(C)=O)/C(C)=C/C=C/C=C/Cc1cnco1)OC(C)=O)[C@@]12O[Si](C(C)C)(C(C)C)OC[C@]1(C(=O)OCO[Si](C(C)C)(C(C)C)C(C)C)N(C)C(=O)[C@@H]2C. The highest BCUT2D eigenvalue weighted by Crippen LogP contribution is 2.57. The fourth-order valence-electron chi connectivity index (χ4n) is 11.4. The molecule has 16 nitrogen and oxygen atoms in total. The number of likely N-dealkylation sites (N-methyl/N-ethyl adjacent to an activating group) is 1. The molecule has 73 heavy (non-hydrogen) atoms. The maximum atomic E-state index is 15.1. The van der Waals surface area contributed by atoms with E-state index in [1.54, 1.807) is 78.4 Å². The third kappa shape index (κ3) is 13.7. The van der Waals surface area contributed by atoms with Gasteiger partial charge in [-0.2, -0.15) is 0 Å². The minimum atomic E-state index is -3.23. The third-order valence-corrected chi connectivity index (χ3v) is 25.7. The van der Waals surface area contributed by atoms with E-state index in [9.17, 15) is 19.2 Å². The second-order valence-corrected chi connectivity index (χ2v) is 31.6. The van der Waals surface area contributed by atoms with E-state index in [1.807, 2.05) is 58.9 Å². The quantitative estimate of drug-likeness (QED) is 0.0288. The third-order valence-electron chi connectivity index (χ3n) is 15.1. The number of oxazole rings is 1. The lowest BCUT2D eigenvalue weighted by atomic mass is 9.69. The van der Waals surface area contributed by atoms with Crippen LogP contribution in [0.15, 0.2) is 77.3 Å². The van der Waals surface area contributed by atoms with Gasteiger partial charge in [-0.1, -0.05) is 132 Å². The van der Waals surface area contributed by atoms with Crippen molar-refractivity contribution in [2.24, 2.45) is 17.3 Å². The molecule has 2 aliphatic rings. The highest BCUT2D eigenvalue weighted by Gasteiger charge is 2.79. The minimum absolute atomic E-state index is 0.0757. The number of rotatable bonds is 27. The number of allylic oxidation sites excluding steroid dienone is 7. The van der Waals surface area contributed by atoms with Gasteiger partial charge in [0.2, 0.25) is 20.1 Å². The van der Waals surface area contributed by atoms with Crippen LogP contribution in [0.2, 0.25) is 27.7 Å². The molecule has 1 aromatic heterocycles. The van der Waals surface area contributed by atoms with E-state index < -0.39 is 81.5 Å². The van der Waals surface area contributed by atoms with Gasteiger partial charge in [0.05, 0.1) is 30.2 Å². The fraction of sp³-hybridized carbons (Fsp3) is 0.673. The molecule has 2 fully saturated rings. The van der Waals surface area contributed by atoms with Gasteiger partial charge in [0.1, 0.15) is 23.6 Å². The lowest BCUT2D eigenvalue weighted by Gasteiger charge is -2.59. The van der Waals surface area contributed by atoms with Crippen molar-refractivity contribution in [2.75, 3.05) is 34.1 Å². The molecular weight excluding hydrogens is 967 g/mol. The van der Waals surface area contributed by atoms with Gasteiger partial charge in [0.15, 0.2) is 18.7 Å². The first-order chi connectivity index (χ1) is 34.1. The molecule has 1 aromatic rings. The Morgan fingerprint density at radius 1 is 0.904 bits per heavy atom. The molecule has 2 saturated heterocycles. The predicted molar refractivity (Wildman–Crippen MR) is 286 cm³/mol. The summed E-state index contributed by atoms with van der Waals surface area (Å²) in [5.41, 5.74) is -3.25. The van der Waals surface area contributed by atoms with Crippen molar-refractivity contribution in [3.8, 4) is 0 Å². The van der Waals surface area contributed by atoms with E-state index in [1.165, 1.54) is 25.1 Å². The number of methoxy groups -OCH3 is 1. The molecule has 0 radical (unpaired) electrons. The number of ether oxygens (including phenoxy) is 4. The van der Waals surface area contributed by atoms with Crippen molar-refractivity contribution in [1.29, 1.82) is 0 Å². The Labute approximate surface area is 438 Å². The van der Waals surface area contributed by atoms with Crippen LogP contribution < -0.4 is 5.32 Å². The lowest BCUT2D eigenvalue weighted by molar-refractivity contribution is -0.221. The topological polar surface area (TPSA) is 191 Å². The zero-order valence-corrected chi connectivity index (χ0v) is 49.4. The normalized spacial score (nSPS) is 22.6. The Morgan fingerprint density at radius 2 is 1.51 bits per heavy atom. The largest absolute Gasteiger partial charge is 0.458 e. The molecule has 0 unspecified atom stereocenters. The van der Waals surface area contributed by atoms with Crippen LogP contribution in [0.25, 0.3) is 0 Å². The number of nitrogens with one attached hydrogen (secondary N) is 1. The second kappa shape index (κ2) is 26.8. The smallest absolute Gasteiger partial charge is 0.344 e. The standard InChI is InChI=1S/C55H89N3O13Si2/c1-36(2)72(37(3)4,38(5)6)68-35-66-52(63)54-33-67-73(39(7)8,40(9)10)71-55(54,43(13)50(61)58(54)18)48(64-19)31-42(12)47(69-44(14)59)29-25-22-26-30-57-51(62)53(16,17)49(70-45(15)60)41(11)27-23-20-21-24-28-46-32-56-34-65-46/h20-27,29,32,34,36-40,42-43,47-49H,28,30-31,33,35H2,1-19H3,(H,57,62)/b23-20+,24-21+,26-22+,29-25-,41-27+/t42-,43+,47+,48+,49-,54-,55-/m1/s1. The molecule has 0 aromatic carbocycles. The number of likely N-dealkylation sites (tertiary alicyclic amines) is 1. The maximum Gasteiger partial charge on any atom is 0.344 e. The molecule has 18 heteroatoms. The van der Waals surface area contributed by atoms with Crippen LogP contribution in [-0.4, -0.2) is 120 Å². The summed E-state index contributed by atoms with van der Waals surface area (Å²) in [7, 11) is -2.55. The first kappa shape index (κ1) is 62.8. The average molecular weight is 1060 g/mol. The molecule has 0 aliphatic carbocycles. The maximum absolute atomic E-state index is 15.1. The van der Waals surface area contributed by atoms with Crippen LogP contribution in [0.1, 0.15) is 130 Å². The zero-order chi connectivity index (χ0) is 55.3. The van der Waals surface area contributed by atoms with Gasteiger partial charge in [-0.05, 0) is 72.5 Å². The highest BCUT2D eigenvalue weighted by atomic mass is 28.4. The van der Waals surface area contributed by atoms with Crippen molar-refractivity contribution in [1.82, 2.24) is 15.2 Å². The molecule has 3 rings (SSSR count). The Hall–Kier alpha value is -4.47. The van der Waals surface area contributed by atoms with Gasteiger partial charge in [-0.3, -0.25) is 19.2 Å². The van der Waals surface area contributed by atoms with Crippen molar-refractivity contribution in [2.45, 2.75) is 188 Å². The van der Waals surface area contributed by atoms with E-state index in [0.717, 1.165) is 5.76 Å². The number of carbonyl (C=O) groups excluding carboxylic acids is 5. The number of hydrogen-bond acceptors (Lipinski definition) is 14. The summed E-state index contributed by atoms with van der Waals surface area (Å²) in [5, 5.41) is 2.92.